The molecule has 0 saturated heterocycles. The van der Waals surface area contributed by atoms with Gasteiger partial charge in [0.25, 0.3) is 5.56 Å². The number of hydrogen-bond acceptors (Lipinski definition) is 6. The molecule has 0 radical (unpaired) electrons. The van der Waals surface area contributed by atoms with Crippen molar-refractivity contribution >= 4 is 16.9 Å². The molecular formula is C18H21NO6. The van der Waals surface area contributed by atoms with Gasteiger partial charge in [0.15, 0.2) is 17.1 Å². The predicted octanol–water partition coefficient (Wildman–Crippen LogP) is 2.31. The number of nitrogens with zero attached hydrogens (tertiary/aromatic N) is 1. The van der Waals surface area contributed by atoms with Crippen molar-refractivity contribution in [1.82, 2.24) is 4.57 Å². The van der Waals surface area contributed by atoms with Gasteiger partial charge in [0.1, 0.15) is 5.75 Å². The maximum atomic E-state index is 12.9. The number of methoxy groups -OCH3 is 2. The third-order valence-corrected chi connectivity index (χ3v) is 4.36. The Kier molecular flexibility index (Phi) is 4.57. The second-order valence-electron chi connectivity index (χ2n) is 6.03. The van der Waals surface area contributed by atoms with Crippen LogP contribution in [0, 0.1) is 5.92 Å². The predicted molar refractivity (Wildman–Crippen MR) is 91.7 cm³/mol. The van der Waals surface area contributed by atoms with Gasteiger partial charge in [-0.15, -0.1) is 0 Å². The smallest absolute Gasteiger partial charge is 0.347 e. The van der Waals surface area contributed by atoms with Crippen molar-refractivity contribution in [1.29, 1.82) is 0 Å². The number of fused-ring (bicyclic) bond motifs is 1. The zero-order chi connectivity index (χ0) is 18.1. The van der Waals surface area contributed by atoms with Crippen LogP contribution in [0.5, 0.6) is 17.2 Å². The molecule has 0 unspecified atom stereocenters. The zero-order valence-corrected chi connectivity index (χ0v) is 14.5. The topological polar surface area (TPSA) is 87.0 Å². The Morgan fingerprint density at radius 3 is 2.44 bits per heavy atom. The minimum atomic E-state index is -0.828. The molecule has 0 atom stereocenters. The molecule has 1 aliphatic carbocycles. The summed E-state index contributed by atoms with van der Waals surface area (Å²) in [6, 6.07) is 3.21. The van der Waals surface area contributed by atoms with Gasteiger partial charge in [-0.1, -0.05) is 0 Å². The molecule has 0 bridgehead atoms. The highest BCUT2D eigenvalue weighted by Crippen LogP contribution is 2.38. The first-order valence-electron chi connectivity index (χ1n) is 8.20. The second kappa shape index (κ2) is 6.66. The van der Waals surface area contributed by atoms with E-state index in [1.54, 1.807) is 19.1 Å². The van der Waals surface area contributed by atoms with E-state index in [1.165, 1.54) is 18.8 Å². The number of carbonyl (C=O) groups is 1. The van der Waals surface area contributed by atoms with Gasteiger partial charge in [-0.2, -0.15) is 0 Å². The largest absolute Gasteiger partial charge is 0.506 e. The number of carbonyl (C=O) groups excluding carboxylic acids is 1. The fourth-order valence-electron chi connectivity index (χ4n) is 2.89. The molecule has 134 valence electrons. The number of aromatic nitrogens is 1. The van der Waals surface area contributed by atoms with Crippen LogP contribution in [-0.2, 0) is 11.3 Å². The van der Waals surface area contributed by atoms with Crippen LogP contribution in [0.4, 0.5) is 0 Å². The Morgan fingerprint density at radius 2 is 1.88 bits per heavy atom. The molecule has 3 rings (SSSR count). The molecule has 1 aromatic heterocycles. The third-order valence-electron chi connectivity index (χ3n) is 4.36. The molecule has 0 spiro atoms. The Hall–Kier alpha value is -2.70. The molecule has 1 saturated carbocycles. The van der Waals surface area contributed by atoms with Gasteiger partial charge in [-0.25, -0.2) is 4.79 Å². The van der Waals surface area contributed by atoms with Crippen LogP contribution in [-0.4, -0.2) is 36.5 Å². The fourth-order valence-corrected chi connectivity index (χ4v) is 2.89. The number of benzene rings is 1. The molecule has 1 fully saturated rings. The quantitative estimate of drug-likeness (QED) is 0.807. The summed E-state index contributed by atoms with van der Waals surface area (Å²) in [4.78, 5) is 25.1. The van der Waals surface area contributed by atoms with Gasteiger partial charge < -0.3 is 23.9 Å². The summed E-state index contributed by atoms with van der Waals surface area (Å²) in [7, 11) is 2.98. The van der Waals surface area contributed by atoms with Crippen LogP contribution in [0.25, 0.3) is 10.9 Å². The first-order chi connectivity index (χ1) is 12.0. The maximum Gasteiger partial charge on any atom is 0.347 e. The molecule has 1 aliphatic rings. The van der Waals surface area contributed by atoms with Crippen molar-refractivity contribution < 1.29 is 24.1 Å². The van der Waals surface area contributed by atoms with Crippen LogP contribution in [0.1, 0.15) is 30.1 Å². The number of rotatable bonds is 6. The van der Waals surface area contributed by atoms with Crippen molar-refractivity contribution in [2.75, 3.05) is 20.8 Å². The number of esters is 1. The first-order valence-corrected chi connectivity index (χ1v) is 8.20. The lowest BCUT2D eigenvalue weighted by Gasteiger charge is -2.16. The lowest BCUT2D eigenvalue weighted by atomic mass is 10.1. The molecule has 2 aromatic rings. The fraction of sp³-hybridized carbons (Fsp3) is 0.444. The zero-order valence-electron chi connectivity index (χ0n) is 14.5. The molecule has 0 aliphatic heterocycles. The van der Waals surface area contributed by atoms with Crippen molar-refractivity contribution in [3.05, 3.63) is 28.0 Å². The average Bonchev–Trinajstić information content (AvgIpc) is 3.42. The molecule has 1 aromatic carbocycles. The highest BCUT2D eigenvalue weighted by molar-refractivity contribution is 6.00. The summed E-state index contributed by atoms with van der Waals surface area (Å²) < 4.78 is 17.0. The standard InChI is InChI=1S/C18H21NO6/c1-4-25-18(22)15-16(20)11-7-13(23-2)14(24-3)8-12(11)19(17(15)21)9-10-5-6-10/h7-8,10,20H,4-6,9H2,1-3H3. The van der Waals surface area contributed by atoms with E-state index in [1.807, 2.05) is 0 Å². The highest BCUT2D eigenvalue weighted by atomic mass is 16.5. The van der Waals surface area contributed by atoms with E-state index >= 15 is 0 Å². The summed E-state index contributed by atoms with van der Waals surface area (Å²) in [5, 5.41) is 10.9. The van der Waals surface area contributed by atoms with Crippen molar-refractivity contribution in [2.24, 2.45) is 5.92 Å². The number of hydrogen-bond donors (Lipinski definition) is 1. The highest BCUT2D eigenvalue weighted by Gasteiger charge is 2.28. The lowest BCUT2D eigenvalue weighted by molar-refractivity contribution is 0.0520. The van der Waals surface area contributed by atoms with Gasteiger partial charge in [-0.3, -0.25) is 4.79 Å². The maximum absolute atomic E-state index is 12.9. The number of aromatic hydroxyl groups is 1. The van der Waals surface area contributed by atoms with Crippen LogP contribution in [0.2, 0.25) is 0 Å². The van der Waals surface area contributed by atoms with Gasteiger partial charge in [0, 0.05) is 18.0 Å². The van der Waals surface area contributed by atoms with Gasteiger partial charge in [0.2, 0.25) is 0 Å². The van der Waals surface area contributed by atoms with Gasteiger partial charge >= 0.3 is 5.97 Å². The van der Waals surface area contributed by atoms with Crippen LogP contribution in [0.15, 0.2) is 16.9 Å². The second-order valence-corrected chi connectivity index (χ2v) is 6.03. The van der Waals surface area contributed by atoms with Crippen molar-refractivity contribution in [2.45, 2.75) is 26.3 Å². The summed E-state index contributed by atoms with van der Waals surface area (Å²) in [5.41, 5.74) is -0.398. The summed E-state index contributed by atoms with van der Waals surface area (Å²) >= 11 is 0. The molecule has 0 amide bonds. The molecule has 1 N–H and O–H groups in total. The monoisotopic (exact) mass is 347 g/mol. The first kappa shape index (κ1) is 17.1. The number of ether oxygens (including phenoxy) is 3. The average molecular weight is 347 g/mol. The van der Waals surface area contributed by atoms with E-state index < -0.39 is 17.3 Å². The van der Waals surface area contributed by atoms with E-state index in [0.717, 1.165) is 12.8 Å². The van der Waals surface area contributed by atoms with Crippen LogP contribution < -0.4 is 15.0 Å². The Balaban J connectivity index is 2.33. The molecule has 25 heavy (non-hydrogen) atoms. The summed E-state index contributed by atoms with van der Waals surface area (Å²) in [5.74, 6) is 0.0187. The normalized spacial score (nSPS) is 13.7. The molecule has 7 heteroatoms. The molecule has 7 nitrogen and oxygen atoms in total. The SMILES string of the molecule is CCOC(=O)c1c(O)c2cc(OC)c(OC)cc2n(CC2CC2)c1=O. The minimum Gasteiger partial charge on any atom is -0.506 e. The van der Waals surface area contributed by atoms with E-state index in [2.05, 4.69) is 0 Å². The number of pyridine rings is 1. The Labute approximate surface area is 144 Å². The minimum absolute atomic E-state index is 0.115. The van der Waals surface area contributed by atoms with Crippen LogP contribution >= 0.6 is 0 Å². The van der Waals surface area contributed by atoms with Crippen molar-refractivity contribution in [3.8, 4) is 17.2 Å². The Bertz CT molecular complexity index is 881. The lowest BCUT2D eigenvalue weighted by Crippen LogP contribution is -2.28. The third kappa shape index (κ3) is 3.01. The molecular weight excluding hydrogens is 326 g/mol. The van der Waals surface area contributed by atoms with Gasteiger partial charge in [0.05, 0.1) is 26.3 Å². The van der Waals surface area contributed by atoms with E-state index in [4.69, 9.17) is 14.2 Å². The van der Waals surface area contributed by atoms with Gasteiger partial charge in [-0.05, 0) is 31.7 Å². The van der Waals surface area contributed by atoms with Crippen LogP contribution in [0.3, 0.4) is 0 Å². The van der Waals surface area contributed by atoms with E-state index in [9.17, 15) is 14.7 Å². The molecule has 1 heterocycles. The van der Waals surface area contributed by atoms with Crippen molar-refractivity contribution in [3.63, 3.8) is 0 Å². The Morgan fingerprint density at radius 1 is 1.24 bits per heavy atom. The van der Waals surface area contributed by atoms with E-state index in [-0.39, 0.29) is 12.2 Å². The van der Waals surface area contributed by atoms with E-state index in [0.29, 0.717) is 34.9 Å². The summed E-state index contributed by atoms with van der Waals surface area (Å²) in [6.07, 6.45) is 2.08. The summed E-state index contributed by atoms with van der Waals surface area (Å²) in [6.45, 7) is 2.24.